The highest BCUT2D eigenvalue weighted by atomic mass is 32.2. The molecule has 1 atom stereocenters. The average Bonchev–Trinajstić information content (AvgIpc) is 3.25. The zero-order valence-corrected chi connectivity index (χ0v) is 14.4. The van der Waals surface area contributed by atoms with E-state index in [-0.39, 0.29) is 16.8 Å². The van der Waals surface area contributed by atoms with Gasteiger partial charge in [-0.15, -0.1) is 23.1 Å². The van der Waals surface area contributed by atoms with Gasteiger partial charge in [0.25, 0.3) is 0 Å². The summed E-state index contributed by atoms with van der Waals surface area (Å²) in [5.74, 6) is 0.672. The van der Waals surface area contributed by atoms with Crippen molar-refractivity contribution in [3.8, 4) is 10.7 Å². The quantitative estimate of drug-likeness (QED) is 0.711. The zero-order valence-electron chi connectivity index (χ0n) is 12.7. The van der Waals surface area contributed by atoms with Gasteiger partial charge >= 0.3 is 0 Å². The number of anilines is 1. The summed E-state index contributed by atoms with van der Waals surface area (Å²) in [6, 6.07) is 9.90. The highest BCUT2D eigenvalue weighted by molar-refractivity contribution is 7.99. The second kappa shape index (κ2) is 7.59. The molecule has 124 valence electrons. The van der Waals surface area contributed by atoms with Crippen molar-refractivity contribution < 1.29 is 13.7 Å². The van der Waals surface area contributed by atoms with E-state index in [2.05, 4.69) is 15.5 Å². The Morgan fingerprint density at radius 3 is 2.96 bits per heavy atom. The summed E-state index contributed by atoms with van der Waals surface area (Å²) < 4.78 is 18.7. The lowest BCUT2D eigenvalue weighted by molar-refractivity contribution is -0.115. The van der Waals surface area contributed by atoms with E-state index < -0.39 is 5.82 Å². The van der Waals surface area contributed by atoms with Crippen molar-refractivity contribution in [3.05, 3.63) is 53.5 Å². The number of nitrogens with zero attached hydrogens (tertiary/aromatic N) is 2. The standard InChI is InChI=1S/C16H14FN3O2S2/c1-10(16(21)18-12-6-3-2-5-11(12)17)24-9-14-19-15(20-22-14)13-7-4-8-23-13/h2-8,10H,9H2,1H3,(H,18,21)/t10-/m1/s1. The first-order chi connectivity index (χ1) is 11.6. The Morgan fingerprint density at radius 2 is 2.21 bits per heavy atom. The third-order valence-electron chi connectivity index (χ3n) is 3.17. The zero-order chi connectivity index (χ0) is 16.9. The number of nitrogens with one attached hydrogen (secondary N) is 1. The normalized spacial score (nSPS) is 12.1. The highest BCUT2D eigenvalue weighted by Crippen LogP contribution is 2.24. The van der Waals surface area contributed by atoms with E-state index in [4.69, 9.17) is 4.52 Å². The number of thiophene rings is 1. The van der Waals surface area contributed by atoms with Crippen LogP contribution in [-0.2, 0) is 10.5 Å². The summed E-state index contributed by atoms with van der Waals surface area (Å²) in [5.41, 5.74) is 0.174. The molecule has 1 amide bonds. The van der Waals surface area contributed by atoms with Crippen LogP contribution in [0.25, 0.3) is 10.7 Å². The Morgan fingerprint density at radius 1 is 1.38 bits per heavy atom. The Bertz CT molecular complexity index is 820. The van der Waals surface area contributed by atoms with Gasteiger partial charge in [0, 0.05) is 0 Å². The van der Waals surface area contributed by atoms with Gasteiger partial charge in [0.15, 0.2) is 0 Å². The Labute approximate surface area is 146 Å². The Hall–Kier alpha value is -2.19. The van der Waals surface area contributed by atoms with Gasteiger partial charge in [0.2, 0.25) is 17.6 Å². The molecule has 0 fully saturated rings. The number of carbonyl (C=O) groups is 1. The SMILES string of the molecule is C[C@@H](SCc1nc(-c2cccs2)no1)C(=O)Nc1ccccc1F. The monoisotopic (exact) mass is 363 g/mol. The number of carbonyl (C=O) groups excluding carboxylic acids is 1. The van der Waals surface area contributed by atoms with Crippen molar-refractivity contribution in [1.82, 2.24) is 10.1 Å². The van der Waals surface area contributed by atoms with E-state index in [1.165, 1.54) is 35.2 Å². The smallest absolute Gasteiger partial charge is 0.237 e. The maximum absolute atomic E-state index is 13.5. The largest absolute Gasteiger partial charge is 0.338 e. The number of rotatable bonds is 6. The lowest BCUT2D eigenvalue weighted by atomic mass is 10.3. The van der Waals surface area contributed by atoms with Crippen molar-refractivity contribution in [3.63, 3.8) is 0 Å². The first-order valence-electron chi connectivity index (χ1n) is 7.17. The van der Waals surface area contributed by atoms with Gasteiger partial charge in [-0.2, -0.15) is 4.98 Å². The second-order valence-electron chi connectivity index (χ2n) is 4.91. The minimum absolute atomic E-state index is 0.174. The molecule has 1 aromatic carbocycles. The van der Waals surface area contributed by atoms with E-state index in [0.29, 0.717) is 17.5 Å². The first kappa shape index (κ1) is 16.7. The third kappa shape index (κ3) is 4.01. The molecule has 24 heavy (non-hydrogen) atoms. The van der Waals surface area contributed by atoms with Crippen molar-refractivity contribution in [2.24, 2.45) is 0 Å². The number of aromatic nitrogens is 2. The second-order valence-corrected chi connectivity index (χ2v) is 7.19. The molecule has 0 saturated carbocycles. The predicted molar refractivity (Wildman–Crippen MR) is 93.4 cm³/mol. The lowest BCUT2D eigenvalue weighted by Crippen LogP contribution is -2.23. The number of hydrogen-bond acceptors (Lipinski definition) is 6. The lowest BCUT2D eigenvalue weighted by Gasteiger charge is -2.11. The fourth-order valence-corrected chi connectivity index (χ4v) is 3.26. The maximum atomic E-state index is 13.5. The fraction of sp³-hybridized carbons (Fsp3) is 0.188. The summed E-state index contributed by atoms with van der Waals surface area (Å²) in [6.45, 7) is 1.75. The van der Waals surface area contributed by atoms with E-state index in [1.807, 2.05) is 17.5 Å². The van der Waals surface area contributed by atoms with Crippen molar-refractivity contribution in [2.75, 3.05) is 5.32 Å². The molecule has 8 heteroatoms. The van der Waals surface area contributed by atoms with Crippen LogP contribution < -0.4 is 5.32 Å². The van der Waals surface area contributed by atoms with Gasteiger partial charge < -0.3 is 9.84 Å². The van der Waals surface area contributed by atoms with Gasteiger partial charge in [-0.1, -0.05) is 23.4 Å². The number of benzene rings is 1. The van der Waals surface area contributed by atoms with E-state index in [9.17, 15) is 9.18 Å². The molecule has 0 radical (unpaired) electrons. The van der Waals surface area contributed by atoms with Gasteiger partial charge in [-0.25, -0.2) is 4.39 Å². The minimum Gasteiger partial charge on any atom is -0.338 e. The van der Waals surface area contributed by atoms with Crippen LogP contribution in [0.3, 0.4) is 0 Å². The number of para-hydroxylation sites is 1. The molecule has 2 heterocycles. The summed E-state index contributed by atoms with van der Waals surface area (Å²) in [6.07, 6.45) is 0. The van der Waals surface area contributed by atoms with Crippen LogP contribution in [0.2, 0.25) is 0 Å². The number of halogens is 1. The van der Waals surface area contributed by atoms with Crippen LogP contribution in [0.4, 0.5) is 10.1 Å². The summed E-state index contributed by atoms with van der Waals surface area (Å²) in [7, 11) is 0. The third-order valence-corrected chi connectivity index (χ3v) is 5.16. The predicted octanol–water partition coefficient (Wildman–Crippen LogP) is 4.20. The van der Waals surface area contributed by atoms with E-state index in [0.717, 1.165) is 4.88 Å². The van der Waals surface area contributed by atoms with Gasteiger partial charge in [0.05, 0.1) is 21.6 Å². The number of amides is 1. The molecule has 5 nitrogen and oxygen atoms in total. The van der Waals surface area contributed by atoms with E-state index >= 15 is 0 Å². The molecule has 0 saturated heterocycles. The van der Waals surface area contributed by atoms with Crippen LogP contribution in [-0.4, -0.2) is 21.3 Å². The summed E-state index contributed by atoms with van der Waals surface area (Å²) >= 11 is 2.88. The molecule has 0 aliphatic heterocycles. The molecule has 0 unspecified atom stereocenters. The Balaban J connectivity index is 1.54. The van der Waals surface area contributed by atoms with Crippen molar-refractivity contribution >= 4 is 34.7 Å². The van der Waals surface area contributed by atoms with E-state index in [1.54, 1.807) is 19.1 Å². The topological polar surface area (TPSA) is 68.0 Å². The molecule has 0 aliphatic rings. The summed E-state index contributed by atoms with van der Waals surface area (Å²) in [4.78, 5) is 17.3. The van der Waals surface area contributed by atoms with Crippen LogP contribution in [0, 0.1) is 5.82 Å². The van der Waals surface area contributed by atoms with Gasteiger partial charge in [0.1, 0.15) is 5.82 Å². The molecular weight excluding hydrogens is 349 g/mol. The van der Waals surface area contributed by atoms with Crippen molar-refractivity contribution in [2.45, 2.75) is 17.9 Å². The van der Waals surface area contributed by atoms with Gasteiger partial charge in [-0.05, 0) is 30.5 Å². The summed E-state index contributed by atoms with van der Waals surface area (Å²) in [5, 5.41) is 8.05. The van der Waals surface area contributed by atoms with Crippen molar-refractivity contribution in [1.29, 1.82) is 0 Å². The molecule has 0 spiro atoms. The first-order valence-corrected chi connectivity index (χ1v) is 9.10. The van der Waals surface area contributed by atoms with Crippen LogP contribution in [0.5, 0.6) is 0 Å². The van der Waals surface area contributed by atoms with Gasteiger partial charge in [-0.3, -0.25) is 4.79 Å². The molecule has 3 aromatic rings. The fourth-order valence-electron chi connectivity index (χ4n) is 1.89. The molecule has 3 rings (SSSR count). The molecular formula is C16H14FN3O2S2. The van der Waals surface area contributed by atoms with Crippen LogP contribution >= 0.6 is 23.1 Å². The Kier molecular flexibility index (Phi) is 5.27. The molecule has 0 bridgehead atoms. The molecule has 1 N–H and O–H groups in total. The number of thioether (sulfide) groups is 1. The minimum atomic E-state index is -0.458. The number of hydrogen-bond donors (Lipinski definition) is 1. The molecule has 2 aromatic heterocycles. The van der Waals surface area contributed by atoms with Crippen LogP contribution in [0.1, 0.15) is 12.8 Å². The van der Waals surface area contributed by atoms with Crippen LogP contribution in [0.15, 0.2) is 46.3 Å². The maximum Gasteiger partial charge on any atom is 0.237 e. The molecule has 0 aliphatic carbocycles. The average molecular weight is 363 g/mol. The highest BCUT2D eigenvalue weighted by Gasteiger charge is 2.17.